The monoisotopic (exact) mass is 269 g/mol. The molecule has 96 valence electrons. The van der Waals surface area contributed by atoms with Crippen LogP contribution in [0.3, 0.4) is 0 Å². The number of hydrogen-bond acceptors (Lipinski definition) is 3. The SMILES string of the molecule is O=C1COC(Cc2cccc(Cl)c2)C(C(=O)O)N1. The van der Waals surface area contributed by atoms with Gasteiger partial charge in [-0.25, -0.2) is 4.79 Å². The molecule has 1 aliphatic heterocycles. The summed E-state index contributed by atoms with van der Waals surface area (Å²) in [6, 6.07) is 6.09. The molecular weight excluding hydrogens is 258 g/mol. The van der Waals surface area contributed by atoms with E-state index in [1.165, 1.54) is 0 Å². The van der Waals surface area contributed by atoms with E-state index < -0.39 is 24.0 Å². The van der Waals surface area contributed by atoms with E-state index in [1.54, 1.807) is 18.2 Å². The second-order valence-electron chi connectivity index (χ2n) is 4.07. The van der Waals surface area contributed by atoms with Gasteiger partial charge in [-0.2, -0.15) is 0 Å². The molecule has 1 amide bonds. The van der Waals surface area contributed by atoms with Crippen LogP contribution in [0.15, 0.2) is 24.3 Å². The summed E-state index contributed by atoms with van der Waals surface area (Å²) in [5, 5.41) is 12.0. The van der Waals surface area contributed by atoms with Gasteiger partial charge in [-0.1, -0.05) is 23.7 Å². The van der Waals surface area contributed by atoms with Crippen LogP contribution in [0.5, 0.6) is 0 Å². The normalized spacial score (nSPS) is 23.5. The molecule has 0 aliphatic carbocycles. The first-order valence-electron chi connectivity index (χ1n) is 5.44. The number of carbonyl (C=O) groups excluding carboxylic acids is 1. The van der Waals surface area contributed by atoms with E-state index in [-0.39, 0.29) is 6.61 Å². The van der Waals surface area contributed by atoms with Crippen LogP contribution in [0.4, 0.5) is 0 Å². The predicted octanol–water partition coefficient (Wildman–Crippen LogP) is 0.851. The van der Waals surface area contributed by atoms with Crippen molar-refractivity contribution in [1.82, 2.24) is 5.32 Å². The fourth-order valence-electron chi connectivity index (χ4n) is 1.88. The van der Waals surface area contributed by atoms with Gasteiger partial charge in [0.25, 0.3) is 0 Å². The number of nitrogens with one attached hydrogen (secondary N) is 1. The number of aliphatic carboxylic acids is 1. The first-order chi connectivity index (χ1) is 8.56. The van der Waals surface area contributed by atoms with Crippen molar-refractivity contribution in [1.29, 1.82) is 0 Å². The molecule has 1 heterocycles. The van der Waals surface area contributed by atoms with Gasteiger partial charge in [-0.05, 0) is 17.7 Å². The molecule has 5 nitrogen and oxygen atoms in total. The van der Waals surface area contributed by atoms with Gasteiger partial charge >= 0.3 is 5.97 Å². The van der Waals surface area contributed by atoms with Crippen LogP contribution in [-0.4, -0.2) is 35.7 Å². The number of hydrogen-bond donors (Lipinski definition) is 2. The Morgan fingerprint density at radius 3 is 3.00 bits per heavy atom. The Morgan fingerprint density at radius 1 is 1.56 bits per heavy atom. The lowest BCUT2D eigenvalue weighted by Gasteiger charge is -2.29. The lowest BCUT2D eigenvalue weighted by Crippen LogP contribution is -2.56. The zero-order valence-electron chi connectivity index (χ0n) is 9.43. The molecule has 0 spiro atoms. The molecule has 2 unspecified atom stereocenters. The van der Waals surface area contributed by atoms with E-state index in [4.69, 9.17) is 21.4 Å². The Hall–Kier alpha value is -1.59. The minimum absolute atomic E-state index is 0.116. The molecule has 1 saturated heterocycles. The minimum Gasteiger partial charge on any atom is -0.480 e. The minimum atomic E-state index is -1.10. The number of rotatable bonds is 3. The summed E-state index contributed by atoms with van der Waals surface area (Å²) in [6.45, 7) is -0.116. The average molecular weight is 270 g/mol. The summed E-state index contributed by atoms with van der Waals surface area (Å²) < 4.78 is 5.27. The molecule has 2 atom stereocenters. The third-order valence-corrected chi connectivity index (χ3v) is 2.94. The summed E-state index contributed by atoms with van der Waals surface area (Å²) in [5.74, 6) is -1.51. The summed E-state index contributed by atoms with van der Waals surface area (Å²) in [4.78, 5) is 22.2. The fraction of sp³-hybridized carbons (Fsp3) is 0.333. The Balaban J connectivity index is 2.11. The fourth-order valence-corrected chi connectivity index (χ4v) is 2.09. The van der Waals surface area contributed by atoms with E-state index in [2.05, 4.69) is 5.32 Å². The lowest BCUT2D eigenvalue weighted by molar-refractivity contribution is -0.154. The lowest BCUT2D eigenvalue weighted by atomic mass is 10.0. The molecule has 0 bridgehead atoms. The van der Waals surface area contributed by atoms with Crippen LogP contribution in [-0.2, 0) is 20.7 Å². The summed E-state index contributed by atoms with van der Waals surface area (Å²) in [5.41, 5.74) is 0.870. The largest absolute Gasteiger partial charge is 0.480 e. The molecule has 6 heteroatoms. The Morgan fingerprint density at radius 2 is 2.33 bits per heavy atom. The van der Waals surface area contributed by atoms with E-state index in [9.17, 15) is 9.59 Å². The average Bonchev–Trinajstić information content (AvgIpc) is 2.31. The molecule has 0 aromatic heterocycles. The van der Waals surface area contributed by atoms with E-state index in [0.717, 1.165) is 5.56 Å². The Bertz CT molecular complexity index is 477. The molecule has 2 N–H and O–H groups in total. The maximum absolute atomic E-state index is 11.1. The quantitative estimate of drug-likeness (QED) is 0.853. The first kappa shape index (κ1) is 12.9. The molecule has 0 radical (unpaired) electrons. The number of ether oxygens (including phenoxy) is 1. The molecule has 1 aromatic carbocycles. The van der Waals surface area contributed by atoms with Crippen molar-refractivity contribution >= 4 is 23.5 Å². The van der Waals surface area contributed by atoms with Crippen molar-refractivity contribution < 1.29 is 19.4 Å². The zero-order valence-corrected chi connectivity index (χ0v) is 10.2. The van der Waals surface area contributed by atoms with Crippen LogP contribution < -0.4 is 5.32 Å². The summed E-state index contributed by atoms with van der Waals surface area (Å²) >= 11 is 5.86. The highest BCUT2D eigenvalue weighted by atomic mass is 35.5. The standard InChI is InChI=1S/C12H12ClNO4/c13-8-3-1-2-7(4-8)5-9-11(12(16)17)14-10(15)6-18-9/h1-4,9,11H,5-6H2,(H,14,15)(H,16,17). The van der Waals surface area contributed by atoms with E-state index >= 15 is 0 Å². The highest BCUT2D eigenvalue weighted by Gasteiger charge is 2.34. The maximum atomic E-state index is 11.1. The van der Waals surface area contributed by atoms with E-state index in [1.807, 2.05) is 6.07 Å². The van der Waals surface area contributed by atoms with Crippen molar-refractivity contribution in [2.24, 2.45) is 0 Å². The molecule has 2 rings (SSSR count). The molecule has 1 aliphatic rings. The zero-order chi connectivity index (χ0) is 13.1. The van der Waals surface area contributed by atoms with Crippen LogP contribution in [0.1, 0.15) is 5.56 Å². The molecule has 0 saturated carbocycles. The highest BCUT2D eigenvalue weighted by molar-refractivity contribution is 6.30. The van der Waals surface area contributed by atoms with Crippen molar-refractivity contribution in [2.45, 2.75) is 18.6 Å². The number of amides is 1. The van der Waals surface area contributed by atoms with Crippen molar-refractivity contribution in [2.75, 3.05) is 6.61 Å². The van der Waals surface area contributed by atoms with Crippen LogP contribution >= 0.6 is 11.6 Å². The van der Waals surface area contributed by atoms with Gasteiger partial charge in [-0.15, -0.1) is 0 Å². The Kier molecular flexibility index (Phi) is 3.84. The van der Waals surface area contributed by atoms with Crippen LogP contribution in [0.2, 0.25) is 5.02 Å². The number of carboxylic acid groups (broad SMARTS) is 1. The van der Waals surface area contributed by atoms with Gasteiger partial charge in [0, 0.05) is 11.4 Å². The van der Waals surface area contributed by atoms with Gasteiger partial charge in [0.1, 0.15) is 6.61 Å². The van der Waals surface area contributed by atoms with Gasteiger partial charge in [0.2, 0.25) is 5.91 Å². The number of morpholine rings is 1. The van der Waals surface area contributed by atoms with Gasteiger partial charge < -0.3 is 15.2 Å². The number of carbonyl (C=O) groups is 2. The summed E-state index contributed by atoms with van der Waals surface area (Å²) in [7, 11) is 0. The number of carboxylic acids is 1. The molecular formula is C12H12ClNO4. The maximum Gasteiger partial charge on any atom is 0.328 e. The second-order valence-corrected chi connectivity index (χ2v) is 4.50. The number of halogens is 1. The number of benzene rings is 1. The smallest absolute Gasteiger partial charge is 0.328 e. The van der Waals surface area contributed by atoms with Crippen LogP contribution in [0, 0.1) is 0 Å². The summed E-state index contributed by atoms with van der Waals surface area (Å²) in [6.07, 6.45) is -0.198. The van der Waals surface area contributed by atoms with Gasteiger partial charge in [-0.3, -0.25) is 4.79 Å². The van der Waals surface area contributed by atoms with Crippen molar-refractivity contribution in [3.05, 3.63) is 34.9 Å². The Labute approximate surface area is 109 Å². The van der Waals surface area contributed by atoms with Gasteiger partial charge in [0.05, 0.1) is 6.10 Å². The molecule has 1 fully saturated rings. The molecule has 18 heavy (non-hydrogen) atoms. The third kappa shape index (κ3) is 3.00. The first-order valence-corrected chi connectivity index (χ1v) is 5.82. The van der Waals surface area contributed by atoms with Crippen molar-refractivity contribution in [3.63, 3.8) is 0 Å². The van der Waals surface area contributed by atoms with E-state index in [0.29, 0.717) is 11.4 Å². The highest BCUT2D eigenvalue weighted by Crippen LogP contribution is 2.16. The molecule has 1 aromatic rings. The predicted molar refractivity (Wildman–Crippen MR) is 64.5 cm³/mol. The van der Waals surface area contributed by atoms with Gasteiger partial charge in [0.15, 0.2) is 6.04 Å². The third-order valence-electron chi connectivity index (χ3n) is 2.71. The van der Waals surface area contributed by atoms with Crippen LogP contribution in [0.25, 0.3) is 0 Å². The topological polar surface area (TPSA) is 75.6 Å². The second kappa shape index (κ2) is 5.37. The van der Waals surface area contributed by atoms with Crippen molar-refractivity contribution in [3.8, 4) is 0 Å².